The molecule has 0 bridgehead atoms. The Morgan fingerprint density at radius 3 is 2.93 bits per heavy atom. The molecule has 0 amide bonds. The molecule has 0 saturated carbocycles. The van der Waals surface area contributed by atoms with Gasteiger partial charge in [-0.3, -0.25) is 0 Å². The van der Waals surface area contributed by atoms with Gasteiger partial charge in [-0.05, 0) is 30.2 Å². The zero-order chi connectivity index (χ0) is 10.4. The van der Waals surface area contributed by atoms with E-state index in [1.54, 1.807) is 13.2 Å². The van der Waals surface area contributed by atoms with Crippen LogP contribution in [0, 0.1) is 11.3 Å². The number of benzene rings is 1. The minimum absolute atomic E-state index is 0.575. The van der Waals surface area contributed by atoms with E-state index in [1.807, 2.05) is 31.2 Å². The quantitative estimate of drug-likeness (QED) is 0.728. The van der Waals surface area contributed by atoms with Gasteiger partial charge in [0.05, 0.1) is 18.2 Å². The number of rotatable bonds is 3. The molecule has 1 rings (SSSR count). The van der Waals surface area contributed by atoms with Crippen LogP contribution in [-0.4, -0.2) is 13.7 Å². The third kappa shape index (κ3) is 2.45. The van der Waals surface area contributed by atoms with E-state index in [9.17, 15) is 0 Å². The van der Waals surface area contributed by atoms with Crippen LogP contribution in [0.5, 0.6) is 0 Å². The summed E-state index contributed by atoms with van der Waals surface area (Å²) in [7, 11) is 1.66. The van der Waals surface area contributed by atoms with Gasteiger partial charge in [0.1, 0.15) is 0 Å². The van der Waals surface area contributed by atoms with Crippen LogP contribution in [0.2, 0.25) is 0 Å². The fourth-order valence-corrected chi connectivity index (χ4v) is 1.28. The molecule has 0 aliphatic heterocycles. The van der Waals surface area contributed by atoms with Gasteiger partial charge in [-0.1, -0.05) is 18.2 Å². The predicted octanol–water partition coefficient (Wildman–Crippen LogP) is 2.61. The molecular formula is C12H13NO. The van der Waals surface area contributed by atoms with E-state index >= 15 is 0 Å². The monoisotopic (exact) mass is 187 g/mol. The van der Waals surface area contributed by atoms with E-state index in [1.165, 1.54) is 0 Å². The molecule has 0 fully saturated rings. The summed E-state index contributed by atoms with van der Waals surface area (Å²) in [6.07, 6.45) is 2.00. The van der Waals surface area contributed by atoms with Gasteiger partial charge >= 0.3 is 0 Å². The number of nitrogens with zero attached hydrogens (tertiary/aromatic N) is 1. The predicted molar refractivity (Wildman–Crippen MR) is 56.7 cm³/mol. The van der Waals surface area contributed by atoms with Gasteiger partial charge in [0, 0.05) is 7.11 Å². The Hall–Kier alpha value is -1.59. The molecule has 0 saturated heterocycles. The molecule has 1 aromatic rings. The van der Waals surface area contributed by atoms with E-state index in [-0.39, 0.29) is 0 Å². The fourth-order valence-electron chi connectivity index (χ4n) is 1.28. The first kappa shape index (κ1) is 10.5. The average Bonchev–Trinajstić information content (AvgIpc) is 2.26. The highest BCUT2D eigenvalue weighted by atomic mass is 16.5. The molecule has 0 aliphatic rings. The summed E-state index contributed by atoms with van der Waals surface area (Å²) in [5.41, 5.74) is 2.83. The maximum absolute atomic E-state index is 8.75. The lowest BCUT2D eigenvalue weighted by atomic mass is 10.0. The van der Waals surface area contributed by atoms with E-state index < -0.39 is 0 Å². The lowest BCUT2D eigenvalue weighted by Crippen LogP contribution is -1.94. The molecule has 0 atom stereocenters. The third-order valence-corrected chi connectivity index (χ3v) is 2.01. The van der Waals surface area contributed by atoms with Gasteiger partial charge < -0.3 is 4.74 Å². The Balaban J connectivity index is 3.00. The SMILES string of the molecule is C/C=C(/COC)c1cccc(C#N)c1. The Bertz CT molecular complexity index is 374. The zero-order valence-corrected chi connectivity index (χ0v) is 8.45. The van der Waals surface area contributed by atoms with Gasteiger partial charge in [-0.2, -0.15) is 5.26 Å². The maximum Gasteiger partial charge on any atom is 0.0991 e. The summed E-state index contributed by atoms with van der Waals surface area (Å²) in [6.45, 7) is 2.54. The maximum atomic E-state index is 8.75. The number of nitriles is 1. The first-order chi connectivity index (χ1) is 6.81. The van der Waals surface area contributed by atoms with Gasteiger partial charge in [0.25, 0.3) is 0 Å². The minimum Gasteiger partial charge on any atom is -0.380 e. The molecule has 2 nitrogen and oxygen atoms in total. The van der Waals surface area contributed by atoms with Crippen molar-refractivity contribution in [1.82, 2.24) is 0 Å². The Kier molecular flexibility index (Phi) is 3.90. The molecule has 14 heavy (non-hydrogen) atoms. The van der Waals surface area contributed by atoms with E-state index in [0.717, 1.165) is 11.1 Å². The molecule has 0 unspecified atom stereocenters. The minimum atomic E-state index is 0.575. The van der Waals surface area contributed by atoms with Crippen LogP contribution in [-0.2, 0) is 4.74 Å². The summed E-state index contributed by atoms with van der Waals surface area (Å²) in [5.74, 6) is 0. The van der Waals surface area contributed by atoms with Crippen LogP contribution in [0.4, 0.5) is 0 Å². The topological polar surface area (TPSA) is 33.0 Å². The van der Waals surface area contributed by atoms with E-state index in [0.29, 0.717) is 12.2 Å². The summed E-state index contributed by atoms with van der Waals surface area (Å²) in [6, 6.07) is 9.65. The largest absolute Gasteiger partial charge is 0.380 e. The Morgan fingerprint density at radius 1 is 1.57 bits per heavy atom. The highest BCUT2D eigenvalue weighted by molar-refractivity contribution is 5.67. The summed E-state index contributed by atoms with van der Waals surface area (Å²) < 4.78 is 5.07. The normalized spacial score (nSPS) is 11.1. The van der Waals surface area contributed by atoms with Crippen LogP contribution in [0.1, 0.15) is 18.1 Å². The van der Waals surface area contributed by atoms with Crippen molar-refractivity contribution in [3.63, 3.8) is 0 Å². The van der Waals surface area contributed by atoms with Gasteiger partial charge in [-0.25, -0.2) is 0 Å². The van der Waals surface area contributed by atoms with Crippen molar-refractivity contribution in [3.05, 3.63) is 41.5 Å². The number of allylic oxidation sites excluding steroid dienone is 1. The molecule has 0 heterocycles. The summed E-state index contributed by atoms with van der Waals surface area (Å²) in [4.78, 5) is 0. The standard InChI is InChI=1S/C12H13NO/c1-3-11(9-14-2)12-6-4-5-10(7-12)8-13/h3-7H,9H2,1-2H3/b11-3-. The average molecular weight is 187 g/mol. The number of hydrogen-bond acceptors (Lipinski definition) is 2. The zero-order valence-electron chi connectivity index (χ0n) is 8.45. The second-order valence-electron chi connectivity index (χ2n) is 2.94. The fraction of sp³-hybridized carbons (Fsp3) is 0.250. The number of methoxy groups -OCH3 is 1. The number of hydrogen-bond donors (Lipinski definition) is 0. The van der Waals surface area contributed by atoms with Crippen molar-refractivity contribution in [2.75, 3.05) is 13.7 Å². The van der Waals surface area contributed by atoms with E-state index in [2.05, 4.69) is 6.07 Å². The van der Waals surface area contributed by atoms with Gasteiger partial charge in [0.2, 0.25) is 0 Å². The van der Waals surface area contributed by atoms with Crippen molar-refractivity contribution in [3.8, 4) is 6.07 Å². The molecule has 1 aromatic carbocycles. The number of ether oxygens (including phenoxy) is 1. The molecule has 2 heteroatoms. The lowest BCUT2D eigenvalue weighted by Gasteiger charge is -2.05. The third-order valence-electron chi connectivity index (χ3n) is 2.01. The highest BCUT2D eigenvalue weighted by Crippen LogP contribution is 2.15. The second kappa shape index (κ2) is 5.21. The Morgan fingerprint density at radius 2 is 2.36 bits per heavy atom. The molecule has 0 spiro atoms. The van der Waals surface area contributed by atoms with Crippen LogP contribution >= 0.6 is 0 Å². The van der Waals surface area contributed by atoms with Crippen molar-refractivity contribution in [2.24, 2.45) is 0 Å². The van der Waals surface area contributed by atoms with Gasteiger partial charge in [-0.15, -0.1) is 0 Å². The first-order valence-corrected chi connectivity index (χ1v) is 4.46. The van der Waals surface area contributed by atoms with Crippen LogP contribution < -0.4 is 0 Å². The molecule has 0 aromatic heterocycles. The smallest absolute Gasteiger partial charge is 0.0991 e. The molecule has 0 aliphatic carbocycles. The summed E-state index contributed by atoms with van der Waals surface area (Å²) >= 11 is 0. The first-order valence-electron chi connectivity index (χ1n) is 4.46. The van der Waals surface area contributed by atoms with Crippen LogP contribution in [0.25, 0.3) is 5.57 Å². The highest BCUT2D eigenvalue weighted by Gasteiger charge is 2.00. The van der Waals surface area contributed by atoms with Crippen molar-refractivity contribution >= 4 is 5.57 Å². The van der Waals surface area contributed by atoms with E-state index in [4.69, 9.17) is 10.00 Å². The lowest BCUT2D eigenvalue weighted by molar-refractivity contribution is 0.239. The van der Waals surface area contributed by atoms with Crippen molar-refractivity contribution in [2.45, 2.75) is 6.92 Å². The molecule has 0 radical (unpaired) electrons. The van der Waals surface area contributed by atoms with Crippen molar-refractivity contribution < 1.29 is 4.74 Å². The second-order valence-corrected chi connectivity index (χ2v) is 2.94. The molecular weight excluding hydrogens is 174 g/mol. The van der Waals surface area contributed by atoms with Gasteiger partial charge in [0.15, 0.2) is 0 Å². The Labute approximate surface area is 84.4 Å². The molecule has 72 valence electrons. The van der Waals surface area contributed by atoms with Crippen molar-refractivity contribution in [1.29, 1.82) is 5.26 Å². The molecule has 0 N–H and O–H groups in total. The summed E-state index contributed by atoms with van der Waals surface area (Å²) in [5, 5.41) is 8.75. The van der Waals surface area contributed by atoms with Crippen LogP contribution in [0.3, 0.4) is 0 Å². The van der Waals surface area contributed by atoms with Crippen LogP contribution in [0.15, 0.2) is 30.3 Å².